The SMILES string of the molecule is COC(=O)CNC(=O)CN(C)C(=O)c1ccc(Br)s1. The van der Waals surface area contributed by atoms with Crippen LogP contribution in [0, 0.1) is 0 Å². The van der Waals surface area contributed by atoms with E-state index in [0.717, 1.165) is 3.79 Å². The van der Waals surface area contributed by atoms with Crippen molar-refractivity contribution < 1.29 is 19.1 Å². The number of likely N-dealkylation sites (N-methyl/N-ethyl adjacent to an activating group) is 1. The van der Waals surface area contributed by atoms with Crippen LogP contribution in [0.3, 0.4) is 0 Å². The molecule has 8 heteroatoms. The van der Waals surface area contributed by atoms with Gasteiger partial charge in [-0.3, -0.25) is 14.4 Å². The minimum absolute atomic E-state index is 0.120. The van der Waals surface area contributed by atoms with Gasteiger partial charge in [-0.05, 0) is 28.1 Å². The first-order chi connectivity index (χ1) is 8.93. The molecule has 0 aromatic carbocycles. The molecule has 0 bridgehead atoms. The van der Waals surface area contributed by atoms with E-state index in [1.54, 1.807) is 12.1 Å². The Morgan fingerprint density at radius 2 is 2.11 bits per heavy atom. The molecule has 1 N–H and O–H groups in total. The zero-order valence-electron chi connectivity index (χ0n) is 10.4. The number of amides is 2. The normalized spacial score (nSPS) is 9.84. The van der Waals surface area contributed by atoms with Gasteiger partial charge >= 0.3 is 5.97 Å². The molecule has 1 aromatic rings. The quantitative estimate of drug-likeness (QED) is 0.801. The third-order valence-electron chi connectivity index (χ3n) is 2.17. The minimum atomic E-state index is -0.537. The van der Waals surface area contributed by atoms with Crippen LogP contribution >= 0.6 is 27.3 Å². The topological polar surface area (TPSA) is 75.7 Å². The number of nitrogens with zero attached hydrogens (tertiary/aromatic N) is 1. The molecule has 0 saturated carbocycles. The van der Waals surface area contributed by atoms with Crippen LogP contribution in [-0.2, 0) is 14.3 Å². The van der Waals surface area contributed by atoms with Crippen LogP contribution in [0.1, 0.15) is 9.67 Å². The molecule has 0 unspecified atom stereocenters. The number of hydrogen-bond donors (Lipinski definition) is 1. The zero-order chi connectivity index (χ0) is 14.4. The third kappa shape index (κ3) is 4.99. The number of esters is 1. The Kier molecular flexibility index (Phi) is 5.97. The molecule has 0 radical (unpaired) electrons. The Morgan fingerprint density at radius 1 is 1.42 bits per heavy atom. The second kappa shape index (κ2) is 7.25. The highest BCUT2D eigenvalue weighted by molar-refractivity contribution is 9.11. The monoisotopic (exact) mass is 348 g/mol. The van der Waals surface area contributed by atoms with Crippen LogP contribution in [0.5, 0.6) is 0 Å². The van der Waals surface area contributed by atoms with Crippen LogP contribution < -0.4 is 5.32 Å². The zero-order valence-corrected chi connectivity index (χ0v) is 12.8. The summed E-state index contributed by atoms with van der Waals surface area (Å²) in [5.74, 6) is -1.20. The largest absolute Gasteiger partial charge is 0.468 e. The van der Waals surface area contributed by atoms with Crippen molar-refractivity contribution in [3.63, 3.8) is 0 Å². The van der Waals surface area contributed by atoms with Crippen molar-refractivity contribution in [3.05, 3.63) is 20.8 Å². The van der Waals surface area contributed by atoms with Crippen molar-refractivity contribution in [2.24, 2.45) is 0 Å². The highest BCUT2D eigenvalue weighted by atomic mass is 79.9. The van der Waals surface area contributed by atoms with Crippen LogP contribution in [-0.4, -0.2) is 49.9 Å². The van der Waals surface area contributed by atoms with E-state index in [0.29, 0.717) is 4.88 Å². The van der Waals surface area contributed by atoms with E-state index < -0.39 is 11.9 Å². The van der Waals surface area contributed by atoms with Crippen molar-refractivity contribution in [1.82, 2.24) is 10.2 Å². The molecular weight excluding hydrogens is 336 g/mol. The number of thiophene rings is 1. The molecule has 1 heterocycles. The average molecular weight is 349 g/mol. The van der Waals surface area contributed by atoms with Gasteiger partial charge < -0.3 is 15.0 Å². The second-order valence-corrected chi connectivity index (χ2v) is 6.08. The lowest BCUT2D eigenvalue weighted by molar-refractivity contribution is -0.141. The molecule has 2 amide bonds. The molecule has 19 heavy (non-hydrogen) atoms. The number of rotatable bonds is 5. The smallest absolute Gasteiger partial charge is 0.325 e. The van der Waals surface area contributed by atoms with Crippen molar-refractivity contribution >= 4 is 45.1 Å². The maximum absolute atomic E-state index is 11.9. The summed E-state index contributed by atoms with van der Waals surface area (Å²) in [6.07, 6.45) is 0. The molecule has 0 spiro atoms. The lowest BCUT2D eigenvalue weighted by Gasteiger charge is -2.15. The first kappa shape index (κ1) is 15.6. The van der Waals surface area contributed by atoms with E-state index in [-0.39, 0.29) is 19.0 Å². The molecule has 6 nitrogen and oxygen atoms in total. The lowest BCUT2D eigenvalue weighted by atomic mass is 10.4. The van der Waals surface area contributed by atoms with Crippen molar-refractivity contribution in [2.45, 2.75) is 0 Å². The van der Waals surface area contributed by atoms with Gasteiger partial charge in [0.05, 0.1) is 22.3 Å². The molecule has 0 aliphatic carbocycles. The van der Waals surface area contributed by atoms with Gasteiger partial charge in [0.2, 0.25) is 5.91 Å². The van der Waals surface area contributed by atoms with Gasteiger partial charge in [-0.2, -0.15) is 0 Å². The number of carbonyl (C=O) groups excluding carboxylic acids is 3. The molecule has 1 rings (SSSR count). The summed E-state index contributed by atoms with van der Waals surface area (Å²) >= 11 is 4.56. The summed E-state index contributed by atoms with van der Waals surface area (Å²) in [6, 6.07) is 3.45. The van der Waals surface area contributed by atoms with E-state index >= 15 is 0 Å². The van der Waals surface area contributed by atoms with Gasteiger partial charge in [0.25, 0.3) is 5.91 Å². The van der Waals surface area contributed by atoms with Gasteiger partial charge in [0.15, 0.2) is 0 Å². The number of hydrogen-bond acceptors (Lipinski definition) is 5. The van der Waals surface area contributed by atoms with Crippen LogP contribution in [0.4, 0.5) is 0 Å². The fraction of sp³-hybridized carbons (Fsp3) is 0.364. The summed E-state index contributed by atoms with van der Waals surface area (Å²) in [4.78, 5) is 36.1. The standard InChI is InChI=1S/C11H13BrN2O4S/c1-14(6-9(15)13-5-10(16)18-2)11(17)7-3-4-8(12)19-7/h3-4H,5-6H2,1-2H3,(H,13,15). The summed E-state index contributed by atoms with van der Waals surface area (Å²) in [6.45, 7) is -0.326. The Hall–Kier alpha value is -1.41. The molecular formula is C11H13BrN2O4S. The maximum Gasteiger partial charge on any atom is 0.325 e. The predicted molar refractivity (Wildman–Crippen MR) is 74.0 cm³/mol. The summed E-state index contributed by atoms with van der Waals surface area (Å²) in [5, 5.41) is 2.36. The van der Waals surface area contributed by atoms with Crippen LogP contribution in [0.2, 0.25) is 0 Å². The fourth-order valence-electron chi connectivity index (χ4n) is 1.20. The van der Waals surface area contributed by atoms with E-state index in [2.05, 4.69) is 26.0 Å². The van der Waals surface area contributed by atoms with Crippen LogP contribution in [0.25, 0.3) is 0 Å². The molecule has 0 fully saturated rings. The predicted octanol–water partition coefficient (Wildman–Crippen LogP) is 0.872. The summed E-state index contributed by atoms with van der Waals surface area (Å²) in [7, 11) is 2.76. The highest BCUT2D eigenvalue weighted by Crippen LogP contribution is 2.22. The average Bonchev–Trinajstić information content (AvgIpc) is 2.81. The number of nitrogens with one attached hydrogen (secondary N) is 1. The van der Waals surface area contributed by atoms with Crippen molar-refractivity contribution in [3.8, 4) is 0 Å². The molecule has 0 aliphatic heterocycles. The summed E-state index contributed by atoms with van der Waals surface area (Å²) < 4.78 is 5.23. The third-order valence-corrected chi connectivity index (χ3v) is 3.78. The Balaban J connectivity index is 2.46. The van der Waals surface area contributed by atoms with Gasteiger partial charge in [0, 0.05) is 7.05 Å². The molecule has 0 aliphatic rings. The van der Waals surface area contributed by atoms with E-state index in [1.807, 2.05) is 0 Å². The number of carbonyl (C=O) groups is 3. The van der Waals surface area contributed by atoms with Crippen LogP contribution in [0.15, 0.2) is 15.9 Å². The van der Waals surface area contributed by atoms with Crippen molar-refractivity contribution in [2.75, 3.05) is 27.2 Å². The molecule has 1 aromatic heterocycles. The first-order valence-electron chi connectivity index (χ1n) is 5.28. The number of ether oxygens (including phenoxy) is 1. The maximum atomic E-state index is 11.9. The van der Waals surface area contributed by atoms with Gasteiger partial charge in [-0.15, -0.1) is 11.3 Å². The van der Waals surface area contributed by atoms with Gasteiger partial charge in [-0.1, -0.05) is 0 Å². The Labute approximate surface area is 122 Å². The number of methoxy groups -OCH3 is 1. The number of halogens is 1. The summed E-state index contributed by atoms with van der Waals surface area (Å²) in [5.41, 5.74) is 0. The molecule has 104 valence electrons. The first-order valence-corrected chi connectivity index (χ1v) is 6.89. The Morgan fingerprint density at radius 3 is 2.63 bits per heavy atom. The van der Waals surface area contributed by atoms with Gasteiger partial charge in [0.1, 0.15) is 6.54 Å². The molecule has 0 saturated heterocycles. The van der Waals surface area contributed by atoms with E-state index in [4.69, 9.17) is 0 Å². The Bertz CT molecular complexity index is 489. The second-order valence-electron chi connectivity index (χ2n) is 3.62. The molecule has 0 atom stereocenters. The fourth-order valence-corrected chi connectivity index (χ4v) is 2.58. The van der Waals surface area contributed by atoms with Crippen molar-refractivity contribution in [1.29, 1.82) is 0 Å². The van der Waals surface area contributed by atoms with E-state index in [1.165, 1.54) is 30.4 Å². The van der Waals surface area contributed by atoms with Gasteiger partial charge in [-0.25, -0.2) is 0 Å². The lowest BCUT2D eigenvalue weighted by Crippen LogP contribution is -2.40. The van der Waals surface area contributed by atoms with E-state index in [9.17, 15) is 14.4 Å². The highest BCUT2D eigenvalue weighted by Gasteiger charge is 2.16. The minimum Gasteiger partial charge on any atom is -0.468 e.